The summed E-state index contributed by atoms with van der Waals surface area (Å²) < 4.78 is 282. The molecular weight excluding hydrogens is 643 g/mol. The Hall–Kier alpha value is -2.58. The molecule has 1 aromatic rings. The van der Waals surface area contributed by atoms with Gasteiger partial charge < -0.3 is 0 Å². The Morgan fingerprint density at radius 3 is 1.02 bits per heavy atom. The van der Waals surface area contributed by atoms with Crippen molar-refractivity contribution >= 4 is 5.78 Å². The van der Waals surface area contributed by atoms with Gasteiger partial charge in [-0.05, 0) is 6.92 Å². The SMILES string of the molecule is CC(C(=O)c1ccccc1)C(F)(F)C(F)(F)C(F)(F)C(F)(F)C(F)(F)C(F)(F)C(F)(F)C(F)(F)C(F)(F)C(F)(F)F. The van der Waals surface area contributed by atoms with Crippen LogP contribution in [0.25, 0.3) is 0 Å². The average Bonchev–Trinajstić information content (AvgIpc) is 2.81. The number of ketones is 1. The van der Waals surface area contributed by atoms with Crippen molar-refractivity contribution in [1.29, 1.82) is 0 Å². The lowest BCUT2D eigenvalue weighted by atomic mass is 9.82. The highest BCUT2D eigenvalue weighted by Crippen LogP contribution is 2.66. The standard InChI is InChI=1S/C19H9F21O/c1-7(9(41)8-5-3-2-4-6-8)10(20,21)11(22,23)12(24,25)13(26,27)14(28,29)15(30,31)16(32,33)17(34,35)18(36,37)19(38,39)40/h2-7H,1H3. The second-order valence-electron chi connectivity index (χ2n) is 8.17. The van der Waals surface area contributed by atoms with E-state index in [1.165, 1.54) is 0 Å². The number of hydrogen-bond acceptors (Lipinski definition) is 1. The minimum Gasteiger partial charge on any atom is -0.294 e. The van der Waals surface area contributed by atoms with Crippen molar-refractivity contribution in [2.75, 3.05) is 0 Å². The van der Waals surface area contributed by atoms with Crippen LogP contribution in [0.5, 0.6) is 0 Å². The van der Waals surface area contributed by atoms with Crippen molar-refractivity contribution in [3.63, 3.8) is 0 Å². The van der Waals surface area contributed by atoms with E-state index in [-0.39, 0.29) is 0 Å². The Morgan fingerprint density at radius 2 is 0.732 bits per heavy atom. The highest BCUT2D eigenvalue weighted by molar-refractivity contribution is 5.98. The molecule has 0 heterocycles. The normalized spacial score (nSPS) is 16.5. The summed E-state index contributed by atoms with van der Waals surface area (Å²) in [6.07, 6.45) is -8.03. The molecule has 0 N–H and O–H groups in total. The summed E-state index contributed by atoms with van der Waals surface area (Å²) >= 11 is 0. The van der Waals surface area contributed by atoms with E-state index in [1.54, 1.807) is 0 Å². The number of carbonyl (C=O) groups is 1. The number of alkyl halides is 21. The van der Waals surface area contributed by atoms with Crippen LogP contribution in [0, 0.1) is 5.92 Å². The fraction of sp³-hybridized carbons (Fsp3) is 0.632. The van der Waals surface area contributed by atoms with Gasteiger partial charge >= 0.3 is 59.5 Å². The van der Waals surface area contributed by atoms with Crippen LogP contribution < -0.4 is 0 Å². The molecule has 0 radical (unpaired) electrons. The zero-order valence-corrected chi connectivity index (χ0v) is 18.8. The topological polar surface area (TPSA) is 17.1 Å². The minimum absolute atomic E-state index is 0.405. The monoisotopic (exact) mass is 652 g/mol. The van der Waals surface area contributed by atoms with Gasteiger partial charge in [0.1, 0.15) is 0 Å². The summed E-state index contributed by atoms with van der Waals surface area (Å²) in [5.41, 5.74) is -1.05. The zero-order chi connectivity index (χ0) is 33.3. The first kappa shape index (κ1) is 36.4. The van der Waals surface area contributed by atoms with Crippen LogP contribution in [0.15, 0.2) is 30.3 Å². The first-order valence-electron chi connectivity index (χ1n) is 9.74. The first-order chi connectivity index (χ1) is 17.7. The fourth-order valence-corrected chi connectivity index (χ4v) is 2.86. The van der Waals surface area contributed by atoms with Crippen molar-refractivity contribution in [2.45, 2.75) is 66.4 Å². The van der Waals surface area contributed by atoms with E-state index < -0.39 is 83.7 Å². The van der Waals surface area contributed by atoms with Gasteiger partial charge in [-0.15, -0.1) is 0 Å². The molecule has 0 aromatic heterocycles. The predicted molar refractivity (Wildman–Crippen MR) is 90.5 cm³/mol. The lowest BCUT2D eigenvalue weighted by Crippen LogP contribution is -2.77. The van der Waals surface area contributed by atoms with Crippen molar-refractivity contribution < 1.29 is 97.0 Å². The molecule has 1 atom stereocenters. The van der Waals surface area contributed by atoms with Crippen molar-refractivity contribution in [2.24, 2.45) is 5.92 Å². The smallest absolute Gasteiger partial charge is 0.294 e. The molecule has 1 nitrogen and oxygen atoms in total. The summed E-state index contributed by atoms with van der Waals surface area (Å²) in [5, 5.41) is 0. The fourth-order valence-electron chi connectivity index (χ4n) is 2.86. The van der Waals surface area contributed by atoms with E-state index in [0.717, 1.165) is 18.2 Å². The van der Waals surface area contributed by atoms with Crippen LogP contribution in [0.4, 0.5) is 92.2 Å². The quantitative estimate of drug-likeness (QED) is 0.173. The molecule has 0 spiro atoms. The summed E-state index contributed by atoms with van der Waals surface area (Å²) in [4.78, 5) is 11.9. The molecule has 0 saturated heterocycles. The third-order valence-electron chi connectivity index (χ3n) is 5.53. The van der Waals surface area contributed by atoms with E-state index in [4.69, 9.17) is 0 Å². The van der Waals surface area contributed by atoms with Crippen molar-refractivity contribution in [3.8, 4) is 0 Å². The summed E-state index contributed by atoms with van der Waals surface area (Å²) in [6.45, 7) is -0.405. The van der Waals surface area contributed by atoms with Crippen LogP contribution in [0.1, 0.15) is 17.3 Å². The average molecular weight is 652 g/mol. The molecule has 0 aliphatic rings. The first-order valence-corrected chi connectivity index (χ1v) is 9.74. The molecule has 0 aliphatic carbocycles. The lowest BCUT2D eigenvalue weighted by Gasteiger charge is -2.45. The Balaban J connectivity index is 3.77. The number of benzene rings is 1. The Morgan fingerprint density at radius 1 is 0.463 bits per heavy atom. The van der Waals surface area contributed by atoms with Crippen LogP contribution in [0.2, 0.25) is 0 Å². The summed E-state index contributed by atoms with van der Waals surface area (Å²) in [5.74, 6) is -84.2. The van der Waals surface area contributed by atoms with Crippen LogP contribution in [0.3, 0.4) is 0 Å². The second-order valence-corrected chi connectivity index (χ2v) is 8.17. The molecule has 1 unspecified atom stereocenters. The van der Waals surface area contributed by atoms with Crippen LogP contribution in [-0.2, 0) is 0 Å². The molecule has 0 bridgehead atoms. The summed E-state index contributed by atoms with van der Waals surface area (Å²) in [7, 11) is 0. The lowest BCUT2D eigenvalue weighted by molar-refractivity contribution is -0.474. The van der Waals surface area contributed by atoms with E-state index >= 15 is 0 Å². The second kappa shape index (κ2) is 9.73. The molecule has 22 heteroatoms. The molecule has 238 valence electrons. The largest absolute Gasteiger partial charge is 0.460 e. The van der Waals surface area contributed by atoms with Gasteiger partial charge in [-0.3, -0.25) is 4.79 Å². The third-order valence-corrected chi connectivity index (χ3v) is 5.53. The van der Waals surface area contributed by atoms with Gasteiger partial charge in [0.15, 0.2) is 5.78 Å². The number of halogens is 21. The third kappa shape index (κ3) is 4.66. The molecule has 0 aliphatic heterocycles. The highest BCUT2D eigenvalue weighted by atomic mass is 19.4. The number of carbonyl (C=O) groups excluding carboxylic acids is 1. The summed E-state index contributed by atoms with van der Waals surface area (Å²) in [6, 6.07) is 3.79. The van der Waals surface area contributed by atoms with Gasteiger partial charge in [0.05, 0.1) is 5.92 Å². The predicted octanol–water partition coefficient (Wildman–Crippen LogP) is 8.79. The molecule has 0 amide bonds. The Labute approximate surface area is 212 Å². The molecule has 1 rings (SSSR count). The number of Topliss-reactive ketones (excluding diaryl/α,β-unsaturated/α-hetero) is 1. The molecule has 41 heavy (non-hydrogen) atoms. The zero-order valence-electron chi connectivity index (χ0n) is 18.8. The van der Waals surface area contributed by atoms with Gasteiger partial charge in [0.25, 0.3) is 0 Å². The maximum Gasteiger partial charge on any atom is 0.460 e. The molecule has 0 fully saturated rings. The molecule has 0 saturated carbocycles. The van der Waals surface area contributed by atoms with Gasteiger partial charge in [-0.25, -0.2) is 0 Å². The maximum absolute atomic E-state index is 14.2. The van der Waals surface area contributed by atoms with Crippen LogP contribution >= 0.6 is 0 Å². The molecule has 1 aromatic carbocycles. The maximum atomic E-state index is 14.2. The molecular formula is C19H9F21O. The van der Waals surface area contributed by atoms with Crippen molar-refractivity contribution in [3.05, 3.63) is 35.9 Å². The minimum atomic E-state index is -9.23. The Kier molecular flexibility index (Phi) is 8.65. The van der Waals surface area contributed by atoms with E-state index in [9.17, 15) is 97.0 Å². The number of hydrogen-bond donors (Lipinski definition) is 0. The number of rotatable bonds is 11. The van der Waals surface area contributed by atoms with Crippen LogP contribution in [-0.4, -0.2) is 65.3 Å². The van der Waals surface area contributed by atoms with Crippen molar-refractivity contribution in [1.82, 2.24) is 0 Å². The highest BCUT2D eigenvalue weighted by Gasteiger charge is 2.98. The van der Waals surface area contributed by atoms with Gasteiger partial charge in [0, 0.05) is 5.56 Å². The Bertz CT molecular complexity index is 1100. The van der Waals surface area contributed by atoms with E-state index in [2.05, 4.69) is 0 Å². The van der Waals surface area contributed by atoms with Gasteiger partial charge in [0.2, 0.25) is 0 Å². The van der Waals surface area contributed by atoms with Gasteiger partial charge in [-0.2, -0.15) is 92.2 Å². The van der Waals surface area contributed by atoms with E-state index in [1.807, 2.05) is 0 Å². The van der Waals surface area contributed by atoms with Gasteiger partial charge in [-0.1, -0.05) is 30.3 Å². The van der Waals surface area contributed by atoms with E-state index in [0.29, 0.717) is 12.1 Å².